The number of ether oxygens (including phenoxy) is 1. The largest absolute Gasteiger partial charge is 0.410 e. The van der Waals surface area contributed by atoms with Crippen molar-refractivity contribution >= 4 is 11.7 Å². The molecule has 2 amide bonds. The summed E-state index contributed by atoms with van der Waals surface area (Å²) in [7, 11) is 1.23. The quantitative estimate of drug-likeness (QED) is 0.615. The first-order valence-corrected chi connectivity index (χ1v) is 9.88. The summed E-state index contributed by atoms with van der Waals surface area (Å²) in [5.41, 5.74) is 2.86. The summed E-state index contributed by atoms with van der Waals surface area (Å²) in [6.07, 6.45) is -6.86. The van der Waals surface area contributed by atoms with Gasteiger partial charge in [-0.2, -0.15) is 31.4 Å². The molecule has 0 radical (unpaired) electrons. The van der Waals surface area contributed by atoms with Crippen LogP contribution in [-0.2, 0) is 10.5 Å². The Kier molecular flexibility index (Phi) is 6.07. The molecular weight excluding hydrogens is 458 g/mol. The van der Waals surface area contributed by atoms with Crippen molar-refractivity contribution in [2.24, 2.45) is 11.1 Å². The van der Waals surface area contributed by atoms with E-state index in [-0.39, 0.29) is 16.9 Å². The Labute approximate surface area is 185 Å². The van der Waals surface area contributed by atoms with E-state index in [2.05, 4.69) is 10.1 Å². The number of alkyl halides is 6. The van der Waals surface area contributed by atoms with Crippen molar-refractivity contribution in [3.63, 3.8) is 0 Å². The van der Waals surface area contributed by atoms with Gasteiger partial charge in [-0.3, -0.25) is 4.90 Å². The highest BCUT2D eigenvalue weighted by Gasteiger charge is 2.52. The fourth-order valence-corrected chi connectivity index (χ4v) is 3.57. The maximum absolute atomic E-state index is 13.2. The Morgan fingerprint density at radius 1 is 1.24 bits per heavy atom. The first kappa shape index (κ1) is 25.0. The Hall–Kier alpha value is -2.61. The number of nitrogens with zero attached hydrogens (tertiary/aromatic N) is 4. The number of rotatable bonds is 6. The molecule has 0 aromatic carbocycles. The van der Waals surface area contributed by atoms with Crippen LogP contribution in [0.5, 0.6) is 0 Å². The van der Waals surface area contributed by atoms with Gasteiger partial charge in [0, 0.05) is 18.7 Å². The van der Waals surface area contributed by atoms with E-state index in [9.17, 15) is 31.1 Å². The minimum atomic E-state index is -4.64. The topological polar surface area (TPSA) is 97.8 Å². The van der Waals surface area contributed by atoms with E-state index in [0.29, 0.717) is 0 Å². The van der Waals surface area contributed by atoms with Crippen molar-refractivity contribution in [1.82, 2.24) is 24.8 Å². The van der Waals surface area contributed by atoms with Crippen molar-refractivity contribution in [1.29, 1.82) is 0 Å². The van der Waals surface area contributed by atoms with Gasteiger partial charge in [0.2, 0.25) is 0 Å². The third kappa shape index (κ3) is 4.58. The van der Waals surface area contributed by atoms with E-state index in [1.165, 1.54) is 37.0 Å². The highest BCUT2D eigenvalue weighted by molar-refractivity contribution is 5.78. The normalized spacial score (nSPS) is 20.8. The van der Waals surface area contributed by atoms with Crippen LogP contribution in [0.1, 0.15) is 44.5 Å². The van der Waals surface area contributed by atoms with Crippen LogP contribution in [-0.4, -0.2) is 57.6 Å². The number of carbonyl (C=O) groups excluding carboxylic acids is 1. The average molecular weight is 482 g/mol. The van der Waals surface area contributed by atoms with Crippen LogP contribution < -0.4 is 11.1 Å². The zero-order chi connectivity index (χ0) is 25.0. The summed E-state index contributed by atoms with van der Waals surface area (Å²) in [6.45, 7) is 2.80. The second kappa shape index (κ2) is 8.01. The zero-order valence-electron chi connectivity index (χ0n) is 18.3. The van der Waals surface area contributed by atoms with Crippen molar-refractivity contribution in [2.45, 2.75) is 57.4 Å². The van der Waals surface area contributed by atoms with Gasteiger partial charge < -0.3 is 15.8 Å². The molecule has 0 spiro atoms. The maximum atomic E-state index is 13.2. The molecule has 8 nitrogen and oxygen atoms in total. The summed E-state index contributed by atoms with van der Waals surface area (Å²) in [5.74, 6) is 0. The monoisotopic (exact) mass is 482 g/mol. The number of aromatic nitrogens is 3. The number of halogens is 6. The summed E-state index contributed by atoms with van der Waals surface area (Å²) < 4.78 is 85.6. The summed E-state index contributed by atoms with van der Waals surface area (Å²) in [5, 5.41) is 6.00. The van der Waals surface area contributed by atoms with E-state index in [4.69, 9.17) is 10.5 Å². The van der Waals surface area contributed by atoms with Gasteiger partial charge in [0.05, 0.1) is 30.0 Å². The Morgan fingerprint density at radius 3 is 2.39 bits per heavy atom. The molecule has 2 aromatic heterocycles. The van der Waals surface area contributed by atoms with Gasteiger partial charge in [0.1, 0.15) is 6.04 Å². The van der Waals surface area contributed by atoms with Crippen LogP contribution in [0.4, 0.5) is 31.1 Å². The third-order valence-electron chi connectivity index (χ3n) is 5.97. The third-order valence-corrected chi connectivity index (χ3v) is 5.97. The molecular formula is C19H24F6N6O2. The lowest BCUT2D eigenvalue weighted by atomic mass is 9.84. The molecule has 3 atom stereocenters. The molecule has 0 bridgehead atoms. The van der Waals surface area contributed by atoms with Gasteiger partial charge in [0.25, 0.3) is 0 Å². The summed E-state index contributed by atoms with van der Waals surface area (Å²) >= 11 is 0. The summed E-state index contributed by atoms with van der Waals surface area (Å²) in [4.78, 5) is 17.4. The Balaban J connectivity index is 1.91. The van der Waals surface area contributed by atoms with Crippen LogP contribution >= 0.6 is 0 Å². The predicted octanol–water partition coefficient (Wildman–Crippen LogP) is 3.48. The van der Waals surface area contributed by atoms with Crippen LogP contribution in [0.2, 0.25) is 0 Å². The minimum Gasteiger partial charge on any atom is -0.355 e. The lowest BCUT2D eigenvalue weighted by Gasteiger charge is -2.36. The van der Waals surface area contributed by atoms with Gasteiger partial charge in [-0.1, -0.05) is 13.8 Å². The number of hydrogen-bond acceptors (Lipinski definition) is 5. The number of nitrogens with one attached hydrogen (secondary N) is 1. The van der Waals surface area contributed by atoms with Crippen molar-refractivity contribution < 1.29 is 35.9 Å². The van der Waals surface area contributed by atoms with E-state index >= 15 is 0 Å². The highest BCUT2D eigenvalue weighted by atomic mass is 19.4. The zero-order valence-corrected chi connectivity index (χ0v) is 18.3. The van der Waals surface area contributed by atoms with Crippen LogP contribution in [0, 0.1) is 5.41 Å². The Bertz CT molecular complexity index is 1040. The molecule has 1 aliphatic rings. The molecule has 3 heterocycles. The SMILES string of the molecule is COC(C)(c1cnn2cc([C@@H](N)CC(C)(C)C(F)(F)F)nc2c1)N1CC(C(F)(F)F)NC1=O. The van der Waals surface area contributed by atoms with Gasteiger partial charge in [-0.25, -0.2) is 14.3 Å². The lowest BCUT2D eigenvalue weighted by Crippen LogP contribution is -2.47. The molecule has 33 heavy (non-hydrogen) atoms. The molecule has 0 saturated carbocycles. The van der Waals surface area contributed by atoms with E-state index in [1.807, 2.05) is 5.32 Å². The van der Waals surface area contributed by atoms with Gasteiger partial charge in [-0.05, 0) is 19.4 Å². The smallest absolute Gasteiger partial charge is 0.355 e. The molecule has 2 aromatic rings. The molecule has 3 rings (SSSR count). The number of nitrogens with two attached hydrogens (primary N) is 1. The second-order valence-electron chi connectivity index (χ2n) is 8.75. The molecule has 0 aliphatic carbocycles. The van der Waals surface area contributed by atoms with Crippen LogP contribution in [0.15, 0.2) is 18.5 Å². The maximum Gasteiger partial charge on any atom is 0.410 e. The van der Waals surface area contributed by atoms with Crippen LogP contribution in [0.25, 0.3) is 5.65 Å². The molecule has 184 valence electrons. The summed E-state index contributed by atoms with van der Waals surface area (Å²) in [6, 6.07) is -2.65. The minimum absolute atomic E-state index is 0.159. The number of carbonyl (C=O) groups is 1. The number of imidazole rings is 1. The van der Waals surface area contributed by atoms with Gasteiger partial charge in [-0.15, -0.1) is 0 Å². The molecule has 1 fully saturated rings. The number of hydrogen-bond donors (Lipinski definition) is 2. The number of fused-ring (bicyclic) bond motifs is 1. The van der Waals surface area contributed by atoms with E-state index < -0.39 is 54.6 Å². The molecule has 3 N–H and O–H groups in total. The van der Waals surface area contributed by atoms with Crippen LogP contribution in [0.3, 0.4) is 0 Å². The fourth-order valence-electron chi connectivity index (χ4n) is 3.57. The highest BCUT2D eigenvalue weighted by Crippen LogP contribution is 2.43. The van der Waals surface area contributed by atoms with Crippen molar-refractivity contribution in [3.05, 3.63) is 29.7 Å². The van der Waals surface area contributed by atoms with E-state index in [0.717, 1.165) is 18.7 Å². The van der Waals surface area contributed by atoms with Crippen molar-refractivity contribution in [3.8, 4) is 0 Å². The predicted molar refractivity (Wildman–Crippen MR) is 104 cm³/mol. The number of amides is 2. The molecule has 1 saturated heterocycles. The molecule has 1 aliphatic heterocycles. The number of methoxy groups -OCH3 is 1. The van der Waals surface area contributed by atoms with E-state index in [1.54, 1.807) is 0 Å². The Morgan fingerprint density at radius 2 is 1.88 bits per heavy atom. The lowest BCUT2D eigenvalue weighted by molar-refractivity contribution is -0.215. The average Bonchev–Trinajstić information content (AvgIpc) is 3.29. The standard InChI is InChI=1S/C19H24F6N6O2/c1-16(2,19(23,24)25)6-11(26)12-8-31-14(28-12)5-10(7-27-31)17(3,33-4)30-9-13(18(20,21)22)29-15(30)32/h5,7-8,11,13H,6,9,26H2,1-4H3,(H,29,32)/t11-,13?,17?/m0/s1. The molecule has 2 unspecified atom stereocenters. The second-order valence-corrected chi connectivity index (χ2v) is 8.75. The van der Waals surface area contributed by atoms with Gasteiger partial charge >= 0.3 is 18.4 Å². The van der Waals surface area contributed by atoms with Gasteiger partial charge in [0.15, 0.2) is 11.4 Å². The molecule has 14 heteroatoms. The first-order valence-electron chi connectivity index (χ1n) is 9.88. The fraction of sp³-hybridized carbons (Fsp3) is 0.632. The number of urea groups is 1. The van der Waals surface area contributed by atoms with Crippen molar-refractivity contribution in [2.75, 3.05) is 13.7 Å². The first-order chi connectivity index (χ1) is 15.0.